The molecule has 0 spiro atoms. The summed E-state index contributed by atoms with van der Waals surface area (Å²) in [6.45, 7) is 4.17. The van der Waals surface area contributed by atoms with Crippen molar-refractivity contribution in [3.05, 3.63) is 60.4 Å². The summed E-state index contributed by atoms with van der Waals surface area (Å²) in [5.41, 5.74) is 3.02. The highest BCUT2D eigenvalue weighted by Gasteiger charge is 2.25. The Morgan fingerprint density at radius 2 is 2.12 bits per heavy atom. The van der Waals surface area contributed by atoms with Gasteiger partial charge in [-0.2, -0.15) is 4.52 Å². The number of methoxy groups -OCH3 is 1. The smallest absolute Gasteiger partial charge is 0.158 e. The Bertz CT molecular complexity index is 895. The van der Waals surface area contributed by atoms with Gasteiger partial charge < -0.3 is 10.1 Å². The van der Waals surface area contributed by atoms with E-state index in [1.165, 1.54) is 18.4 Å². The quantitative estimate of drug-likeness (QED) is 0.698. The molecule has 0 atom stereocenters. The molecule has 4 rings (SSSR count). The van der Waals surface area contributed by atoms with Crippen LogP contribution >= 0.6 is 0 Å². The molecule has 5 nitrogen and oxygen atoms in total. The van der Waals surface area contributed by atoms with Gasteiger partial charge in [0.1, 0.15) is 11.6 Å². The van der Waals surface area contributed by atoms with Gasteiger partial charge in [0.05, 0.1) is 7.11 Å². The second-order valence-electron chi connectivity index (χ2n) is 6.18. The Balaban J connectivity index is 1.62. The van der Waals surface area contributed by atoms with Crippen molar-refractivity contribution in [2.45, 2.75) is 19.3 Å². The van der Waals surface area contributed by atoms with Gasteiger partial charge in [-0.05, 0) is 43.0 Å². The molecule has 0 saturated heterocycles. The molecule has 3 aromatic rings. The van der Waals surface area contributed by atoms with E-state index >= 15 is 0 Å². The standard InChI is InChI=1S/C19H20N4O/c1-13(14-9-10-14)11-17-21-19-8-4-7-18(23(19)22-17)20-15-5-3-6-16(12-15)24-2/h3-8,12,14,20H,1,9-11H2,2H3. The van der Waals surface area contributed by atoms with Crippen molar-refractivity contribution in [3.63, 3.8) is 0 Å². The van der Waals surface area contributed by atoms with Crippen molar-refractivity contribution >= 4 is 17.2 Å². The molecule has 0 unspecified atom stereocenters. The van der Waals surface area contributed by atoms with Gasteiger partial charge in [0, 0.05) is 18.2 Å². The fourth-order valence-electron chi connectivity index (χ4n) is 2.81. The molecule has 5 heteroatoms. The molecule has 1 aromatic carbocycles. The van der Waals surface area contributed by atoms with Gasteiger partial charge >= 0.3 is 0 Å². The van der Waals surface area contributed by atoms with Crippen LogP contribution in [0.25, 0.3) is 5.65 Å². The molecule has 1 aliphatic rings. The fraction of sp³-hybridized carbons (Fsp3) is 0.263. The predicted molar refractivity (Wildman–Crippen MR) is 94.8 cm³/mol. The summed E-state index contributed by atoms with van der Waals surface area (Å²) in [6, 6.07) is 13.7. The van der Waals surface area contributed by atoms with E-state index in [9.17, 15) is 0 Å². The van der Waals surface area contributed by atoms with Crippen molar-refractivity contribution in [1.82, 2.24) is 14.6 Å². The minimum absolute atomic E-state index is 0.672. The van der Waals surface area contributed by atoms with Crippen LogP contribution in [0.1, 0.15) is 18.7 Å². The maximum Gasteiger partial charge on any atom is 0.158 e. The maximum absolute atomic E-state index is 5.27. The van der Waals surface area contributed by atoms with Gasteiger partial charge in [-0.3, -0.25) is 0 Å². The fourth-order valence-corrected chi connectivity index (χ4v) is 2.81. The van der Waals surface area contributed by atoms with Gasteiger partial charge in [-0.25, -0.2) is 4.98 Å². The number of hydrogen-bond donors (Lipinski definition) is 1. The number of anilines is 2. The van der Waals surface area contributed by atoms with Crippen molar-refractivity contribution < 1.29 is 4.74 Å². The Morgan fingerprint density at radius 3 is 2.92 bits per heavy atom. The van der Waals surface area contributed by atoms with Crippen LogP contribution in [-0.4, -0.2) is 21.7 Å². The second kappa shape index (κ2) is 6.00. The highest BCUT2D eigenvalue weighted by molar-refractivity contribution is 5.61. The number of fused-ring (bicyclic) bond motifs is 1. The van der Waals surface area contributed by atoms with Crippen molar-refractivity contribution in [1.29, 1.82) is 0 Å². The van der Waals surface area contributed by atoms with Crippen LogP contribution in [0.3, 0.4) is 0 Å². The lowest BCUT2D eigenvalue weighted by Gasteiger charge is -2.09. The number of pyridine rings is 1. The topological polar surface area (TPSA) is 51.5 Å². The number of hydrogen-bond acceptors (Lipinski definition) is 4. The van der Waals surface area contributed by atoms with Gasteiger partial charge in [0.15, 0.2) is 11.5 Å². The summed E-state index contributed by atoms with van der Waals surface area (Å²) in [6.07, 6.45) is 3.27. The monoisotopic (exact) mass is 320 g/mol. The van der Waals surface area contributed by atoms with Crippen LogP contribution in [-0.2, 0) is 6.42 Å². The van der Waals surface area contributed by atoms with E-state index in [2.05, 4.69) is 22.0 Å². The van der Waals surface area contributed by atoms with Crippen molar-refractivity contribution in [2.75, 3.05) is 12.4 Å². The zero-order chi connectivity index (χ0) is 16.5. The first-order chi connectivity index (χ1) is 11.7. The van der Waals surface area contributed by atoms with Crippen LogP contribution < -0.4 is 10.1 Å². The van der Waals surface area contributed by atoms with Gasteiger partial charge in [-0.1, -0.05) is 24.3 Å². The number of allylic oxidation sites excluding steroid dienone is 1. The summed E-state index contributed by atoms with van der Waals surface area (Å²) >= 11 is 0. The number of aromatic nitrogens is 3. The third-order valence-electron chi connectivity index (χ3n) is 4.29. The van der Waals surface area contributed by atoms with Crippen LogP contribution in [0.4, 0.5) is 11.5 Å². The molecule has 1 N–H and O–H groups in total. The van der Waals surface area contributed by atoms with Crippen LogP contribution in [0, 0.1) is 5.92 Å². The van der Waals surface area contributed by atoms with E-state index in [0.29, 0.717) is 5.92 Å². The minimum Gasteiger partial charge on any atom is -0.497 e. The molecule has 0 bridgehead atoms. The van der Waals surface area contributed by atoms with E-state index in [0.717, 1.165) is 35.1 Å². The van der Waals surface area contributed by atoms with Crippen molar-refractivity contribution in [3.8, 4) is 5.75 Å². The molecule has 0 radical (unpaired) electrons. The highest BCUT2D eigenvalue weighted by atomic mass is 16.5. The first-order valence-electron chi connectivity index (χ1n) is 8.16. The molecular formula is C19H20N4O. The molecule has 2 aromatic heterocycles. The second-order valence-corrected chi connectivity index (χ2v) is 6.18. The average Bonchev–Trinajstić information content (AvgIpc) is 3.36. The SMILES string of the molecule is C=C(Cc1nc2cccc(Nc3cccc(OC)c3)n2n1)C1CC1. The molecule has 1 aliphatic carbocycles. The number of benzene rings is 1. The van der Waals surface area contributed by atoms with Gasteiger partial charge in [0.25, 0.3) is 0 Å². The number of ether oxygens (including phenoxy) is 1. The summed E-state index contributed by atoms with van der Waals surface area (Å²) in [5, 5.41) is 8.03. The van der Waals surface area contributed by atoms with Gasteiger partial charge in [-0.15, -0.1) is 5.10 Å². The number of nitrogens with one attached hydrogen (secondary N) is 1. The first-order valence-corrected chi connectivity index (χ1v) is 8.16. The lowest BCUT2D eigenvalue weighted by atomic mass is 10.1. The predicted octanol–water partition coefficient (Wildman–Crippen LogP) is 3.99. The molecule has 24 heavy (non-hydrogen) atoms. The lowest BCUT2D eigenvalue weighted by molar-refractivity contribution is 0.415. The first kappa shape index (κ1) is 14.8. The molecule has 1 fully saturated rings. The summed E-state index contributed by atoms with van der Waals surface area (Å²) in [4.78, 5) is 4.63. The van der Waals surface area contributed by atoms with E-state index < -0.39 is 0 Å². The lowest BCUT2D eigenvalue weighted by Crippen LogP contribution is -2.00. The minimum atomic E-state index is 0.672. The average molecular weight is 320 g/mol. The summed E-state index contributed by atoms with van der Waals surface area (Å²) < 4.78 is 7.11. The zero-order valence-corrected chi connectivity index (χ0v) is 13.7. The van der Waals surface area contributed by atoms with Crippen LogP contribution in [0.2, 0.25) is 0 Å². The molecular weight excluding hydrogens is 300 g/mol. The number of rotatable bonds is 6. The molecule has 2 heterocycles. The van der Waals surface area contributed by atoms with Crippen LogP contribution in [0.5, 0.6) is 5.75 Å². The van der Waals surface area contributed by atoms with Crippen molar-refractivity contribution in [2.24, 2.45) is 5.92 Å². The Labute approximate surface area is 141 Å². The van der Waals surface area contributed by atoms with Crippen LogP contribution in [0.15, 0.2) is 54.6 Å². The molecule has 1 saturated carbocycles. The molecule has 0 aliphatic heterocycles. The maximum atomic E-state index is 5.27. The summed E-state index contributed by atoms with van der Waals surface area (Å²) in [7, 11) is 1.66. The zero-order valence-electron chi connectivity index (χ0n) is 13.7. The third kappa shape index (κ3) is 2.97. The Hall–Kier alpha value is -2.82. The van der Waals surface area contributed by atoms with E-state index in [4.69, 9.17) is 4.74 Å². The van der Waals surface area contributed by atoms with E-state index in [1.807, 2.05) is 47.0 Å². The Morgan fingerprint density at radius 1 is 1.29 bits per heavy atom. The highest BCUT2D eigenvalue weighted by Crippen LogP contribution is 2.36. The largest absolute Gasteiger partial charge is 0.497 e. The normalized spacial score (nSPS) is 13.9. The third-order valence-corrected chi connectivity index (χ3v) is 4.29. The Kier molecular flexibility index (Phi) is 3.69. The van der Waals surface area contributed by atoms with E-state index in [1.54, 1.807) is 7.11 Å². The summed E-state index contributed by atoms with van der Waals surface area (Å²) in [5.74, 6) is 3.18. The molecule has 122 valence electrons. The van der Waals surface area contributed by atoms with Gasteiger partial charge in [0.2, 0.25) is 0 Å². The van der Waals surface area contributed by atoms with E-state index in [-0.39, 0.29) is 0 Å². The number of nitrogens with zero attached hydrogens (tertiary/aromatic N) is 3. The molecule has 0 amide bonds.